The van der Waals surface area contributed by atoms with Crippen molar-refractivity contribution in [3.63, 3.8) is 0 Å². The highest BCUT2D eigenvalue weighted by atomic mass is 32.2. The van der Waals surface area contributed by atoms with Gasteiger partial charge in [0.25, 0.3) is 0 Å². The highest BCUT2D eigenvalue weighted by Crippen LogP contribution is 2.60. The van der Waals surface area contributed by atoms with Crippen LogP contribution in [0.1, 0.15) is 56.9 Å². The number of nitrogens with one attached hydrogen (secondary N) is 2. The molecule has 2 amide bonds. The third kappa shape index (κ3) is 4.57. The first-order valence-electron chi connectivity index (χ1n) is 11.7. The summed E-state index contributed by atoms with van der Waals surface area (Å²) in [5, 5.41) is 5.89. The Morgan fingerprint density at radius 1 is 1.06 bits per heavy atom. The number of rotatable bonds is 8. The Bertz CT molecular complexity index is 967. The van der Waals surface area contributed by atoms with E-state index in [0.717, 1.165) is 41.3 Å². The van der Waals surface area contributed by atoms with E-state index in [2.05, 4.69) is 10.6 Å². The minimum atomic E-state index is -3.58. The van der Waals surface area contributed by atoms with Crippen LogP contribution in [0, 0.1) is 30.1 Å². The summed E-state index contributed by atoms with van der Waals surface area (Å²) in [5.41, 5.74) is 0.926. The second-order valence-electron chi connectivity index (χ2n) is 10.4. The van der Waals surface area contributed by atoms with Gasteiger partial charge in [0.15, 0.2) is 0 Å². The van der Waals surface area contributed by atoms with Gasteiger partial charge in [-0.3, -0.25) is 9.59 Å². The summed E-state index contributed by atoms with van der Waals surface area (Å²) in [6.45, 7) is 2.22. The lowest BCUT2D eigenvalue weighted by molar-refractivity contribution is -0.146. The Morgan fingerprint density at radius 3 is 2.22 bits per heavy atom. The molecule has 4 bridgehead atoms. The smallest absolute Gasteiger partial charge is 0.242 e. The molecule has 0 atom stereocenters. The molecule has 1 aromatic rings. The molecule has 32 heavy (non-hydrogen) atoms. The van der Waals surface area contributed by atoms with Crippen molar-refractivity contribution in [1.29, 1.82) is 0 Å². The molecule has 0 aromatic heterocycles. The zero-order valence-electron chi connectivity index (χ0n) is 19.3. The van der Waals surface area contributed by atoms with Gasteiger partial charge in [0.2, 0.25) is 21.8 Å². The van der Waals surface area contributed by atoms with Crippen molar-refractivity contribution in [2.24, 2.45) is 23.2 Å². The van der Waals surface area contributed by atoms with Crippen LogP contribution in [-0.4, -0.2) is 45.2 Å². The van der Waals surface area contributed by atoms with Crippen LogP contribution < -0.4 is 10.6 Å². The van der Waals surface area contributed by atoms with Gasteiger partial charge in [0.05, 0.1) is 4.90 Å². The molecule has 0 unspecified atom stereocenters. The van der Waals surface area contributed by atoms with E-state index in [-0.39, 0.29) is 28.5 Å². The maximum absolute atomic E-state index is 13.0. The van der Waals surface area contributed by atoms with Crippen molar-refractivity contribution >= 4 is 27.5 Å². The first kappa shape index (κ1) is 23.2. The Morgan fingerprint density at radius 2 is 1.66 bits per heavy atom. The van der Waals surface area contributed by atoms with Crippen molar-refractivity contribution in [3.05, 3.63) is 23.8 Å². The molecule has 1 aromatic carbocycles. The predicted octanol–water partition coefficient (Wildman–Crippen LogP) is 3.30. The molecule has 8 heteroatoms. The number of carbonyl (C=O) groups excluding carboxylic acids is 2. The molecular weight excluding hydrogens is 426 g/mol. The van der Waals surface area contributed by atoms with Crippen molar-refractivity contribution in [2.45, 2.75) is 63.2 Å². The molecule has 0 spiro atoms. The van der Waals surface area contributed by atoms with Gasteiger partial charge in [0.1, 0.15) is 0 Å². The molecule has 2 N–H and O–H groups in total. The van der Waals surface area contributed by atoms with Gasteiger partial charge in [-0.2, -0.15) is 0 Å². The highest BCUT2D eigenvalue weighted by Gasteiger charge is 2.54. The lowest BCUT2D eigenvalue weighted by Crippen LogP contribution is -2.53. The summed E-state index contributed by atoms with van der Waals surface area (Å²) in [4.78, 5) is 25.5. The summed E-state index contributed by atoms with van der Waals surface area (Å²) in [5.74, 6) is 2.19. The number of hydrogen-bond donors (Lipinski definition) is 2. The van der Waals surface area contributed by atoms with Gasteiger partial charge in [-0.05, 0) is 87.3 Å². The number of benzene rings is 1. The van der Waals surface area contributed by atoms with E-state index in [0.29, 0.717) is 24.2 Å². The van der Waals surface area contributed by atoms with E-state index in [1.54, 1.807) is 19.1 Å². The molecule has 0 aliphatic heterocycles. The van der Waals surface area contributed by atoms with Crippen LogP contribution in [0.25, 0.3) is 0 Å². The summed E-state index contributed by atoms with van der Waals surface area (Å²) < 4.78 is 26.1. The molecule has 7 nitrogen and oxygen atoms in total. The Kier molecular flexibility index (Phi) is 6.38. The Labute approximate surface area is 191 Å². The van der Waals surface area contributed by atoms with E-state index in [9.17, 15) is 18.0 Å². The van der Waals surface area contributed by atoms with Gasteiger partial charge < -0.3 is 10.6 Å². The molecule has 0 heterocycles. The highest BCUT2D eigenvalue weighted by molar-refractivity contribution is 7.89. The van der Waals surface area contributed by atoms with E-state index in [4.69, 9.17) is 0 Å². The standard InChI is InChI=1S/C24H35N3O4S/c1-16-6-7-20(12-21(16)32(30,31)27(2)3)26-22(28)5-4-8-25-23(29)24-13-17-9-18(14-24)11-19(10-17)15-24/h6-7,12,17-19H,4-5,8-11,13-15H2,1-3H3,(H,25,29)(H,26,28). The van der Waals surface area contributed by atoms with Crippen molar-refractivity contribution < 1.29 is 18.0 Å². The van der Waals surface area contributed by atoms with Crippen LogP contribution in [0.15, 0.2) is 23.1 Å². The molecule has 5 rings (SSSR count). The first-order valence-corrected chi connectivity index (χ1v) is 13.1. The maximum Gasteiger partial charge on any atom is 0.242 e. The zero-order chi connectivity index (χ0) is 23.1. The lowest BCUT2D eigenvalue weighted by atomic mass is 9.49. The van der Waals surface area contributed by atoms with Crippen molar-refractivity contribution in [1.82, 2.24) is 9.62 Å². The monoisotopic (exact) mass is 461 g/mol. The van der Waals surface area contributed by atoms with E-state index >= 15 is 0 Å². The molecule has 4 saturated carbocycles. The molecule has 176 valence electrons. The molecule has 4 aliphatic carbocycles. The van der Waals surface area contributed by atoms with Gasteiger partial charge in [-0.1, -0.05) is 6.07 Å². The summed E-state index contributed by atoms with van der Waals surface area (Å²) in [6, 6.07) is 4.89. The van der Waals surface area contributed by atoms with Crippen LogP contribution in [0.3, 0.4) is 0 Å². The third-order valence-electron chi connectivity index (χ3n) is 7.62. The van der Waals surface area contributed by atoms with E-state index in [1.165, 1.54) is 39.4 Å². The van der Waals surface area contributed by atoms with Gasteiger partial charge in [-0.25, -0.2) is 12.7 Å². The first-order chi connectivity index (χ1) is 15.1. The lowest BCUT2D eigenvalue weighted by Gasteiger charge is -2.55. The van der Waals surface area contributed by atoms with Crippen LogP contribution in [-0.2, 0) is 19.6 Å². The number of nitrogens with zero attached hydrogens (tertiary/aromatic N) is 1. The normalized spacial score (nSPS) is 28.7. The molecule has 0 saturated heterocycles. The van der Waals surface area contributed by atoms with Crippen LogP contribution >= 0.6 is 0 Å². The fourth-order valence-electron chi connectivity index (χ4n) is 6.40. The predicted molar refractivity (Wildman–Crippen MR) is 124 cm³/mol. The maximum atomic E-state index is 13.0. The Balaban J connectivity index is 1.26. The van der Waals surface area contributed by atoms with Crippen molar-refractivity contribution in [3.8, 4) is 0 Å². The molecular formula is C24H35N3O4S. The van der Waals surface area contributed by atoms with Crippen molar-refractivity contribution in [2.75, 3.05) is 26.0 Å². The van der Waals surface area contributed by atoms with Gasteiger partial charge in [0, 0.05) is 38.2 Å². The van der Waals surface area contributed by atoms with Crippen LogP contribution in [0.4, 0.5) is 5.69 Å². The number of anilines is 1. The third-order valence-corrected chi connectivity index (χ3v) is 9.57. The van der Waals surface area contributed by atoms with Crippen LogP contribution in [0.2, 0.25) is 0 Å². The summed E-state index contributed by atoms with van der Waals surface area (Å²) in [7, 11) is -0.613. The Hall–Kier alpha value is -1.93. The average molecular weight is 462 g/mol. The van der Waals surface area contributed by atoms with Gasteiger partial charge >= 0.3 is 0 Å². The molecule has 0 radical (unpaired) electrons. The van der Waals surface area contributed by atoms with E-state index in [1.807, 2.05) is 0 Å². The number of carbonyl (C=O) groups is 2. The minimum Gasteiger partial charge on any atom is -0.356 e. The SMILES string of the molecule is Cc1ccc(NC(=O)CCCNC(=O)C23CC4CC(CC(C4)C2)C3)cc1S(=O)(=O)N(C)C. The number of sulfonamides is 1. The second kappa shape index (κ2) is 8.78. The molecule has 4 fully saturated rings. The molecule has 4 aliphatic rings. The number of aryl methyl sites for hydroxylation is 1. The zero-order valence-corrected chi connectivity index (χ0v) is 20.1. The quantitative estimate of drug-likeness (QED) is 0.581. The minimum absolute atomic E-state index is 0.159. The average Bonchev–Trinajstić information content (AvgIpc) is 2.71. The van der Waals surface area contributed by atoms with E-state index < -0.39 is 10.0 Å². The van der Waals surface area contributed by atoms with Crippen LogP contribution in [0.5, 0.6) is 0 Å². The summed E-state index contributed by atoms with van der Waals surface area (Å²) in [6.07, 6.45) is 7.87. The largest absolute Gasteiger partial charge is 0.356 e. The second-order valence-corrected chi connectivity index (χ2v) is 12.5. The summed E-state index contributed by atoms with van der Waals surface area (Å²) >= 11 is 0. The fourth-order valence-corrected chi connectivity index (χ4v) is 7.55. The fraction of sp³-hybridized carbons (Fsp3) is 0.667. The topological polar surface area (TPSA) is 95.6 Å². The van der Waals surface area contributed by atoms with Gasteiger partial charge in [-0.15, -0.1) is 0 Å². The number of amides is 2. The number of hydrogen-bond acceptors (Lipinski definition) is 4.